The van der Waals surface area contributed by atoms with Crippen molar-refractivity contribution >= 4 is 41.5 Å². The van der Waals surface area contributed by atoms with E-state index in [0.717, 1.165) is 42.5 Å². The van der Waals surface area contributed by atoms with E-state index in [-0.39, 0.29) is 35.9 Å². The van der Waals surface area contributed by atoms with Crippen molar-refractivity contribution in [2.45, 2.75) is 44.6 Å². The number of H-pyrrole nitrogens is 1. The summed E-state index contributed by atoms with van der Waals surface area (Å²) >= 11 is 5.91. The number of hydrogen-bond acceptors (Lipinski definition) is 9. The number of amides is 2. The zero-order chi connectivity index (χ0) is 33.3. The summed E-state index contributed by atoms with van der Waals surface area (Å²) in [7, 11) is 4.07. The van der Waals surface area contributed by atoms with E-state index in [9.17, 15) is 9.59 Å². The van der Waals surface area contributed by atoms with E-state index in [1.54, 1.807) is 30.5 Å². The van der Waals surface area contributed by atoms with Gasteiger partial charge in [0.1, 0.15) is 0 Å². The van der Waals surface area contributed by atoms with Crippen molar-refractivity contribution in [3.05, 3.63) is 77.7 Å². The summed E-state index contributed by atoms with van der Waals surface area (Å²) in [4.78, 5) is 40.0. The average Bonchev–Trinajstić information content (AvgIpc) is 3.53. The van der Waals surface area contributed by atoms with E-state index in [2.05, 4.69) is 25.1 Å². The van der Waals surface area contributed by atoms with Crippen LogP contribution in [0.15, 0.2) is 66.9 Å². The molecule has 0 bridgehead atoms. The van der Waals surface area contributed by atoms with Crippen molar-refractivity contribution in [3.63, 3.8) is 0 Å². The van der Waals surface area contributed by atoms with Crippen LogP contribution in [0.5, 0.6) is 5.88 Å². The Morgan fingerprint density at radius 1 is 1.02 bits per heavy atom. The predicted molar refractivity (Wildman–Crippen MR) is 191 cm³/mol. The van der Waals surface area contributed by atoms with Crippen LogP contribution < -0.4 is 21.1 Å². The number of halogens is 2. The Kier molecular flexibility index (Phi) is 13.5. The van der Waals surface area contributed by atoms with Gasteiger partial charge < -0.3 is 21.1 Å². The maximum Gasteiger partial charge on any atom is 0.251 e. The van der Waals surface area contributed by atoms with Gasteiger partial charge in [0.15, 0.2) is 5.82 Å². The van der Waals surface area contributed by atoms with Crippen molar-refractivity contribution < 1.29 is 14.3 Å². The van der Waals surface area contributed by atoms with Gasteiger partial charge in [-0.3, -0.25) is 9.59 Å². The van der Waals surface area contributed by atoms with Crippen LogP contribution in [0.25, 0.3) is 22.5 Å². The van der Waals surface area contributed by atoms with Crippen molar-refractivity contribution in [3.8, 4) is 28.4 Å². The van der Waals surface area contributed by atoms with E-state index in [1.165, 1.54) is 4.90 Å². The Balaban J connectivity index is 0.00000520. The minimum absolute atomic E-state index is 0. The molecule has 2 amide bonds. The van der Waals surface area contributed by atoms with Gasteiger partial charge in [0.05, 0.1) is 18.3 Å². The molecule has 13 heteroatoms. The van der Waals surface area contributed by atoms with Crippen molar-refractivity contribution in [1.29, 1.82) is 0 Å². The Hall–Kier alpha value is -3.87. The fraction of sp³-hybridized carbons (Fsp3) is 0.400. The summed E-state index contributed by atoms with van der Waals surface area (Å²) in [5.41, 5.74) is 16.4. The first-order valence-corrected chi connectivity index (χ1v) is 16.4. The number of pyridine rings is 1. The number of nitrogens with two attached hydrogens (primary N) is 2. The van der Waals surface area contributed by atoms with Gasteiger partial charge in [-0.05, 0) is 118 Å². The van der Waals surface area contributed by atoms with Crippen molar-refractivity contribution in [1.82, 2.24) is 25.1 Å². The van der Waals surface area contributed by atoms with Crippen LogP contribution >= 0.6 is 24.0 Å². The molecule has 5 N–H and O–H groups in total. The SMILES string of the molecule is CN(C)CCCOc1ccc(-c2cccc(C[C@H](N)C(=O)N(C(=O)C3CCC(CN)CC3)c3ccc(-c4n[nH]c(Cl)n4)cc3)c2)cn1.Cl. The van der Waals surface area contributed by atoms with E-state index in [0.29, 0.717) is 54.9 Å². The zero-order valence-corrected chi connectivity index (χ0v) is 28.9. The lowest BCUT2D eigenvalue weighted by molar-refractivity contribution is -0.130. The van der Waals surface area contributed by atoms with Crippen LogP contribution in [-0.2, 0) is 16.0 Å². The van der Waals surface area contributed by atoms with Crippen LogP contribution in [-0.4, -0.2) is 76.7 Å². The van der Waals surface area contributed by atoms with E-state index >= 15 is 0 Å². The molecule has 2 aromatic heterocycles. The first-order chi connectivity index (χ1) is 22.7. The highest BCUT2D eigenvalue weighted by molar-refractivity contribution is 6.28. The number of ether oxygens (including phenoxy) is 1. The summed E-state index contributed by atoms with van der Waals surface area (Å²) in [5, 5.41) is 6.87. The number of nitrogens with one attached hydrogen (secondary N) is 1. The van der Waals surface area contributed by atoms with Gasteiger partial charge in [-0.15, -0.1) is 12.4 Å². The van der Waals surface area contributed by atoms with Crippen LogP contribution in [0, 0.1) is 11.8 Å². The van der Waals surface area contributed by atoms with Crippen molar-refractivity contribution in [2.24, 2.45) is 23.3 Å². The normalized spacial score (nSPS) is 16.6. The van der Waals surface area contributed by atoms with E-state index in [1.807, 2.05) is 50.5 Å². The van der Waals surface area contributed by atoms with Crippen molar-refractivity contribution in [2.75, 3.05) is 38.7 Å². The maximum absolute atomic E-state index is 14.0. The van der Waals surface area contributed by atoms with Crippen LogP contribution in [0.3, 0.4) is 0 Å². The van der Waals surface area contributed by atoms with Gasteiger partial charge in [-0.1, -0.05) is 24.3 Å². The van der Waals surface area contributed by atoms with Gasteiger partial charge in [-0.2, -0.15) is 10.1 Å². The summed E-state index contributed by atoms with van der Waals surface area (Å²) in [5.74, 6) is 0.425. The molecule has 1 atom stereocenters. The zero-order valence-electron chi connectivity index (χ0n) is 27.3. The number of carbonyl (C=O) groups is 2. The molecule has 0 saturated heterocycles. The summed E-state index contributed by atoms with van der Waals surface area (Å²) < 4.78 is 5.77. The van der Waals surface area contributed by atoms with Crippen LogP contribution in [0.4, 0.5) is 5.69 Å². The minimum Gasteiger partial charge on any atom is -0.478 e. The molecule has 5 rings (SSSR count). The molecular formula is C35H44Cl2N8O3. The molecule has 48 heavy (non-hydrogen) atoms. The highest BCUT2D eigenvalue weighted by atomic mass is 35.5. The molecule has 4 aromatic rings. The Morgan fingerprint density at radius 2 is 1.75 bits per heavy atom. The third-order valence-electron chi connectivity index (χ3n) is 8.58. The molecule has 0 unspecified atom stereocenters. The number of imide groups is 1. The number of aromatic amines is 1. The monoisotopic (exact) mass is 694 g/mol. The fourth-order valence-corrected chi connectivity index (χ4v) is 6.02. The molecule has 11 nitrogen and oxygen atoms in total. The molecule has 1 fully saturated rings. The number of rotatable bonds is 13. The molecule has 0 spiro atoms. The number of carbonyl (C=O) groups excluding carboxylic acids is 2. The van der Waals surface area contributed by atoms with E-state index in [4.69, 9.17) is 27.8 Å². The molecule has 2 heterocycles. The Labute approximate surface area is 292 Å². The van der Waals surface area contributed by atoms with Crippen LogP contribution in [0.1, 0.15) is 37.7 Å². The Bertz CT molecular complexity index is 1620. The minimum atomic E-state index is -0.947. The van der Waals surface area contributed by atoms with E-state index < -0.39 is 11.9 Å². The molecule has 1 aliphatic rings. The number of aromatic nitrogens is 4. The molecule has 0 radical (unpaired) electrons. The number of nitrogens with zero attached hydrogens (tertiary/aromatic N) is 5. The number of benzene rings is 2. The predicted octanol–water partition coefficient (Wildman–Crippen LogP) is 5.13. The Morgan fingerprint density at radius 3 is 2.38 bits per heavy atom. The topological polar surface area (TPSA) is 156 Å². The number of hydrogen-bond donors (Lipinski definition) is 3. The number of anilines is 1. The largest absolute Gasteiger partial charge is 0.478 e. The lowest BCUT2D eigenvalue weighted by Crippen LogP contribution is -2.50. The fourth-order valence-electron chi connectivity index (χ4n) is 5.90. The molecule has 2 aromatic carbocycles. The molecule has 1 saturated carbocycles. The second-order valence-electron chi connectivity index (χ2n) is 12.4. The maximum atomic E-state index is 14.0. The summed E-state index contributed by atoms with van der Waals surface area (Å²) in [6.07, 6.45) is 6.03. The first kappa shape index (κ1) is 37.0. The van der Waals surface area contributed by atoms with Gasteiger partial charge in [-0.25, -0.2) is 15.0 Å². The first-order valence-electron chi connectivity index (χ1n) is 16.1. The van der Waals surface area contributed by atoms with Crippen LogP contribution in [0.2, 0.25) is 5.28 Å². The van der Waals surface area contributed by atoms with Gasteiger partial charge in [0.25, 0.3) is 5.91 Å². The average molecular weight is 696 g/mol. The lowest BCUT2D eigenvalue weighted by Gasteiger charge is -2.32. The molecule has 256 valence electrons. The smallest absolute Gasteiger partial charge is 0.251 e. The van der Waals surface area contributed by atoms with Gasteiger partial charge in [0.2, 0.25) is 17.1 Å². The standard InChI is InChI=1S/C35H43ClN8O3.ClH/c1-43(2)17-4-18-47-31-16-13-28(22-39-31)27-6-3-5-24(19-27)20-30(38)34(46)44(33(45)26-9-7-23(21-37)8-10-26)29-14-11-25(12-15-29)32-40-35(36)42-41-32;/h3,5-6,11-16,19,22-23,26,30H,4,7-10,17-18,20-21,37-38H2,1-2H3,(H,40,41,42);1H/t23?,26?,30-;/m0./s1. The highest BCUT2D eigenvalue weighted by Crippen LogP contribution is 2.32. The second kappa shape index (κ2) is 17.5. The molecule has 1 aliphatic carbocycles. The molecule has 0 aliphatic heterocycles. The van der Waals surface area contributed by atoms with Gasteiger partial charge in [0, 0.05) is 35.9 Å². The third-order valence-corrected chi connectivity index (χ3v) is 8.75. The second-order valence-corrected chi connectivity index (χ2v) is 12.7. The quantitative estimate of drug-likeness (QED) is 0.161. The lowest BCUT2D eigenvalue weighted by atomic mass is 9.81. The summed E-state index contributed by atoms with van der Waals surface area (Å²) in [6, 6.07) is 17.7. The highest BCUT2D eigenvalue weighted by Gasteiger charge is 2.35. The third kappa shape index (κ3) is 9.61. The molecular weight excluding hydrogens is 651 g/mol. The van der Waals surface area contributed by atoms with Gasteiger partial charge >= 0.3 is 0 Å². The summed E-state index contributed by atoms with van der Waals surface area (Å²) in [6.45, 7) is 2.15.